The molecule has 0 saturated heterocycles. The van der Waals surface area contributed by atoms with Gasteiger partial charge in [0, 0.05) is 18.3 Å². The molecular weight excluding hydrogens is 292 g/mol. The molecule has 0 unspecified atom stereocenters. The zero-order chi connectivity index (χ0) is 16.8. The zero-order valence-electron chi connectivity index (χ0n) is 14.0. The highest BCUT2D eigenvalue weighted by molar-refractivity contribution is 5.90. The predicted molar refractivity (Wildman–Crippen MR) is 91.7 cm³/mol. The lowest BCUT2D eigenvalue weighted by Gasteiger charge is -2.24. The number of hydrogen-bond acceptors (Lipinski definition) is 4. The summed E-state index contributed by atoms with van der Waals surface area (Å²) in [6.07, 6.45) is 0. The highest BCUT2D eigenvalue weighted by Crippen LogP contribution is 2.18. The molecule has 2 rings (SSSR count). The van der Waals surface area contributed by atoms with Crippen LogP contribution in [0, 0.1) is 19.8 Å². The monoisotopic (exact) mass is 316 g/mol. The van der Waals surface area contributed by atoms with E-state index in [-0.39, 0.29) is 12.1 Å². The van der Waals surface area contributed by atoms with Crippen LogP contribution < -0.4 is 16.0 Å². The van der Waals surface area contributed by atoms with Gasteiger partial charge in [-0.2, -0.15) is 0 Å². The zero-order valence-corrected chi connectivity index (χ0v) is 14.0. The van der Waals surface area contributed by atoms with Crippen LogP contribution in [0.25, 0.3) is 0 Å². The first-order chi connectivity index (χ1) is 11.0. The number of nitrogens with zero attached hydrogens (tertiary/aromatic N) is 1. The maximum absolute atomic E-state index is 12.1. The second-order valence-corrected chi connectivity index (χ2v) is 5.90. The number of anilines is 2. The van der Waals surface area contributed by atoms with Gasteiger partial charge in [0.05, 0.1) is 0 Å². The number of para-hydroxylation sites is 1. The average Bonchev–Trinajstić information content (AvgIpc) is 2.84. The quantitative estimate of drug-likeness (QED) is 0.761. The van der Waals surface area contributed by atoms with E-state index in [1.807, 2.05) is 30.3 Å². The van der Waals surface area contributed by atoms with E-state index >= 15 is 0 Å². The summed E-state index contributed by atoms with van der Waals surface area (Å²) >= 11 is 0. The van der Waals surface area contributed by atoms with E-state index in [0.29, 0.717) is 29.6 Å². The number of amides is 2. The van der Waals surface area contributed by atoms with Gasteiger partial charge in [-0.3, -0.25) is 0 Å². The third kappa shape index (κ3) is 4.74. The van der Waals surface area contributed by atoms with Crippen LogP contribution in [0.4, 0.5) is 16.2 Å². The molecule has 1 heterocycles. The number of aryl methyl sites for hydroxylation is 2. The van der Waals surface area contributed by atoms with Crippen LogP contribution in [0.1, 0.15) is 25.3 Å². The Labute approximate surface area is 136 Å². The summed E-state index contributed by atoms with van der Waals surface area (Å²) in [6, 6.07) is 9.84. The molecule has 6 nitrogen and oxygen atoms in total. The molecule has 0 radical (unpaired) electrons. The van der Waals surface area contributed by atoms with Crippen molar-refractivity contribution >= 4 is 17.4 Å². The lowest BCUT2D eigenvalue weighted by atomic mass is 10.0. The second kappa shape index (κ2) is 7.67. The Kier molecular flexibility index (Phi) is 5.62. The third-order valence-electron chi connectivity index (χ3n) is 3.69. The number of benzene rings is 1. The number of carbonyl (C=O) groups is 1. The molecule has 0 saturated carbocycles. The normalized spacial score (nSPS) is 12.0. The summed E-state index contributed by atoms with van der Waals surface area (Å²) in [5, 5.41) is 12.9. The van der Waals surface area contributed by atoms with Crippen LogP contribution in [0.5, 0.6) is 0 Å². The smallest absolute Gasteiger partial charge is 0.319 e. The minimum atomic E-state index is -0.264. The highest BCUT2D eigenvalue weighted by atomic mass is 16.5. The van der Waals surface area contributed by atoms with Gasteiger partial charge in [-0.1, -0.05) is 37.2 Å². The van der Waals surface area contributed by atoms with E-state index in [9.17, 15) is 4.79 Å². The van der Waals surface area contributed by atoms with Gasteiger partial charge in [-0.05, 0) is 31.9 Å². The number of nitrogens with one attached hydrogen (secondary N) is 3. The van der Waals surface area contributed by atoms with E-state index in [4.69, 9.17) is 4.52 Å². The SMILES string of the molecule is Cc1noc(C)c1NC(=O)NC[C@@H](Nc1ccccc1)C(C)C. The van der Waals surface area contributed by atoms with Gasteiger partial charge in [0.1, 0.15) is 11.4 Å². The van der Waals surface area contributed by atoms with E-state index in [0.717, 1.165) is 5.69 Å². The molecule has 124 valence electrons. The number of aromatic nitrogens is 1. The lowest BCUT2D eigenvalue weighted by molar-refractivity contribution is 0.251. The largest absolute Gasteiger partial charge is 0.380 e. The summed E-state index contributed by atoms with van der Waals surface area (Å²) in [5.41, 5.74) is 2.33. The minimum absolute atomic E-state index is 0.132. The van der Waals surface area contributed by atoms with Crippen LogP contribution >= 0.6 is 0 Å². The minimum Gasteiger partial charge on any atom is -0.380 e. The fourth-order valence-corrected chi connectivity index (χ4v) is 2.22. The molecule has 2 amide bonds. The number of carbonyl (C=O) groups excluding carboxylic acids is 1. The van der Waals surface area contributed by atoms with Gasteiger partial charge in [0.15, 0.2) is 5.76 Å². The maximum atomic E-state index is 12.1. The number of rotatable bonds is 6. The van der Waals surface area contributed by atoms with Crippen molar-refractivity contribution < 1.29 is 9.32 Å². The molecule has 3 N–H and O–H groups in total. The van der Waals surface area contributed by atoms with Gasteiger partial charge in [0.25, 0.3) is 0 Å². The Bertz CT molecular complexity index is 618. The molecule has 0 aliphatic heterocycles. The van der Waals surface area contributed by atoms with E-state index in [1.54, 1.807) is 13.8 Å². The van der Waals surface area contributed by atoms with Crippen molar-refractivity contribution in [2.24, 2.45) is 5.92 Å². The van der Waals surface area contributed by atoms with Gasteiger partial charge in [-0.25, -0.2) is 4.79 Å². The first-order valence-electron chi connectivity index (χ1n) is 7.76. The second-order valence-electron chi connectivity index (χ2n) is 5.90. The topological polar surface area (TPSA) is 79.2 Å². The van der Waals surface area contributed by atoms with Crippen LogP contribution in [-0.4, -0.2) is 23.8 Å². The fourth-order valence-electron chi connectivity index (χ4n) is 2.22. The molecule has 23 heavy (non-hydrogen) atoms. The Morgan fingerprint density at radius 3 is 2.48 bits per heavy atom. The van der Waals surface area contributed by atoms with Gasteiger partial charge < -0.3 is 20.5 Å². The third-order valence-corrected chi connectivity index (χ3v) is 3.69. The molecule has 0 spiro atoms. The molecule has 0 fully saturated rings. The summed E-state index contributed by atoms with van der Waals surface area (Å²) in [5.74, 6) is 0.968. The van der Waals surface area contributed by atoms with Crippen LogP contribution in [0.2, 0.25) is 0 Å². The molecule has 2 aromatic rings. The number of urea groups is 1. The molecule has 1 aromatic carbocycles. The van der Waals surface area contributed by atoms with Crippen molar-refractivity contribution in [1.29, 1.82) is 0 Å². The number of hydrogen-bond donors (Lipinski definition) is 3. The van der Waals surface area contributed by atoms with Crippen molar-refractivity contribution in [3.05, 3.63) is 41.8 Å². The summed E-state index contributed by atoms with van der Waals surface area (Å²) in [6.45, 7) is 8.31. The van der Waals surface area contributed by atoms with Crippen molar-refractivity contribution in [2.75, 3.05) is 17.2 Å². The van der Waals surface area contributed by atoms with E-state index in [2.05, 4.69) is 35.0 Å². The molecule has 0 bridgehead atoms. The first kappa shape index (κ1) is 16.9. The van der Waals surface area contributed by atoms with Crippen LogP contribution in [-0.2, 0) is 0 Å². The Balaban J connectivity index is 1.90. The fraction of sp³-hybridized carbons (Fsp3) is 0.412. The molecule has 1 atom stereocenters. The Morgan fingerprint density at radius 2 is 1.91 bits per heavy atom. The van der Waals surface area contributed by atoms with Crippen molar-refractivity contribution in [1.82, 2.24) is 10.5 Å². The van der Waals surface area contributed by atoms with Gasteiger partial charge in [-0.15, -0.1) is 0 Å². The molecule has 0 aliphatic rings. The lowest BCUT2D eigenvalue weighted by Crippen LogP contribution is -2.41. The van der Waals surface area contributed by atoms with Crippen molar-refractivity contribution in [3.8, 4) is 0 Å². The van der Waals surface area contributed by atoms with Crippen molar-refractivity contribution in [3.63, 3.8) is 0 Å². The molecular formula is C17H24N4O2. The first-order valence-corrected chi connectivity index (χ1v) is 7.76. The standard InChI is InChI=1S/C17H24N4O2/c1-11(2)15(19-14-8-6-5-7-9-14)10-18-17(22)20-16-12(3)21-23-13(16)4/h5-9,11,15,19H,10H2,1-4H3,(H2,18,20,22)/t15-/m1/s1. The molecule has 1 aromatic heterocycles. The molecule has 0 aliphatic carbocycles. The van der Waals surface area contributed by atoms with E-state index < -0.39 is 0 Å². The highest BCUT2D eigenvalue weighted by Gasteiger charge is 2.16. The van der Waals surface area contributed by atoms with Gasteiger partial charge in [0.2, 0.25) is 0 Å². The maximum Gasteiger partial charge on any atom is 0.319 e. The van der Waals surface area contributed by atoms with E-state index in [1.165, 1.54) is 0 Å². The summed E-state index contributed by atoms with van der Waals surface area (Å²) in [4.78, 5) is 12.1. The Morgan fingerprint density at radius 1 is 1.22 bits per heavy atom. The van der Waals surface area contributed by atoms with Gasteiger partial charge >= 0.3 is 6.03 Å². The van der Waals surface area contributed by atoms with Crippen LogP contribution in [0.15, 0.2) is 34.9 Å². The van der Waals surface area contributed by atoms with Crippen LogP contribution in [0.3, 0.4) is 0 Å². The van der Waals surface area contributed by atoms with Crippen molar-refractivity contribution in [2.45, 2.75) is 33.7 Å². The summed E-state index contributed by atoms with van der Waals surface area (Å²) < 4.78 is 5.03. The average molecular weight is 316 g/mol. The Hall–Kier alpha value is -2.50. The summed E-state index contributed by atoms with van der Waals surface area (Å²) in [7, 11) is 0. The predicted octanol–water partition coefficient (Wildman–Crippen LogP) is 3.55. The molecule has 6 heteroatoms.